The Morgan fingerprint density at radius 3 is 1.91 bits per heavy atom. The molecule has 23 heavy (non-hydrogen) atoms. The van der Waals surface area contributed by atoms with Gasteiger partial charge in [0, 0.05) is 5.69 Å². The van der Waals surface area contributed by atoms with E-state index in [4.69, 9.17) is 26.9 Å². The predicted molar refractivity (Wildman–Crippen MR) is 81.8 cm³/mol. The van der Waals surface area contributed by atoms with Crippen LogP contribution in [0.3, 0.4) is 0 Å². The third-order valence-corrected chi connectivity index (χ3v) is 2.68. The van der Waals surface area contributed by atoms with E-state index < -0.39 is 23.8 Å². The first-order chi connectivity index (χ1) is 10.7. The highest BCUT2D eigenvalue weighted by Gasteiger charge is 2.13. The number of aliphatic carboxylic acids is 2. The second-order valence-corrected chi connectivity index (χ2v) is 4.67. The fourth-order valence-electron chi connectivity index (χ4n) is 1.24. The first kappa shape index (κ1) is 20.4. The van der Waals surface area contributed by atoms with Crippen LogP contribution in [0, 0.1) is 5.92 Å². The third-order valence-electron chi connectivity index (χ3n) is 2.44. The van der Waals surface area contributed by atoms with Crippen LogP contribution in [0.4, 0.5) is 5.69 Å². The summed E-state index contributed by atoms with van der Waals surface area (Å²) in [4.78, 5) is 41.1. The molecule has 9 heteroatoms. The van der Waals surface area contributed by atoms with Gasteiger partial charge in [-0.15, -0.1) is 11.6 Å². The highest BCUT2D eigenvalue weighted by atomic mass is 35.5. The smallest absolute Gasteiger partial charge is 0.335 e. The van der Waals surface area contributed by atoms with Crippen molar-refractivity contribution in [2.45, 2.75) is 13.3 Å². The maximum atomic E-state index is 10.8. The quantitative estimate of drug-likeness (QED) is 0.575. The van der Waals surface area contributed by atoms with Gasteiger partial charge in [-0.05, 0) is 24.3 Å². The fraction of sp³-hybridized carbons (Fsp3) is 0.286. The minimum atomic E-state index is -1.08. The lowest BCUT2D eigenvalue weighted by atomic mass is 10.1. The highest BCUT2D eigenvalue weighted by molar-refractivity contribution is 6.29. The minimum Gasteiger partial charge on any atom is -0.481 e. The largest absolute Gasteiger partial charge is 0.481 e. The lowest BCUT2D eigenvalue weighted by Crippen LogP contribution is -2.13. The number of nitrogens with one attached hydrogen (secondary N) is 1. The van der Waals surface area contributed by atoms with Gasteiger partial charge in [-0.1, -0.05) is 6.92 Å². The van der Waals surface area contributed by atoms with Gasteiger partial charge in [0.15, 0.2) is 0 Å². The molecular weight excluding hydrogens is 330 g/mol. The SMILES string of the molecule is C[C@@H](CC(=O)O)C(=O)O.O=C(CCl)Nc1ccc(C(=O)O)cc1. The van der Waals surface area contributed by atoms with Crippen LogP contribution in [0.25, 0.3) is 0 Å². The monoisotopic (exact) mass is 345 g/mol. The van der Waals surface area contributed by atoms with Crippen LogP contribution in [0.5, 0.6) is 0 Å². The summed E-state index contributed by atoms with van der Waals surface area (Å²) in [7, 11) is 0. The fourth-order valence-corrected chi connectivity index (χ4v) is 1.31. The summed E-state index contributed by atoms with van der Waals surface area (Å²) in [5.41, 5.74) is 0.703. The number of halogens is 1. The molecule has 1 aromatic carbocycles. The Hall–Kier alpha value is -2.61. The van der Waals surface area contributed by atoms with Crippen molar-refractivity contribution in [3.63, 3.8) is 0 Å². The molecule has 1 atom stereocenters. The Kier molecular flexibility index (Phi) is 9.02. The number of carbonyl (C=O) groups excluding carboxylic acids is 1. The van der Waals surface area contributed by atoms with Crippen LogP contribution in [0.2, 0.25) is 0 Å². The van der Waals surface area contributed by atoms with Crippen molar-refractivity contribution in [3.8, 4) is 0 Å². The number of hydrogen-bond acceptors (Lipinski definition) is 4. The van der Waals surface area contributed by atoms with Crippen LogP contribution in [-0.2, 0) is 14.4 Å². The van der Waals surface area contributed by atoms with Crippen LogP contribution in [0.1, 0.15) is 23.7 Å². The zero-order valence-electron chi connectivity index (χ0n) is 12.2. The summed E-state index contributed by atoms with van der Waals surface area (Å²) in [6, 6.07) is 5.83. The normalized spacial score (nSPS) is 10.7. The zero-order valence-corrected chi connectivity index (χ0v) is 12.9. The van der Waals surface area contributed by atoms with E-state index in [1.165, 1.54) is 31.2 Å². The molecule has 1 rings (SSSR count). The molecule has 126 valence electrons. The molecule has 0 fully saturated rings. The van der Waals surface area contributed by atoms with Gasteiger partial charge in [0.25, 0.3) is 0 Å². The number of alkyl halides is 1. The van der Waals surface area contributed by atoms with Crippen molar-refractivity contribution in [1.29, 1.82) is 0 Å². The Morgan fingerprint density at radius 1 is 1.09 bits per heavy atom. The number of carboxylic acids is 3. The average molecular weight is 346 g/mol. The summed E-state index contributed by atoms with van der Waals surface area (Å²) in [6.45, 7) is 1.36. The highest BCUT2D eigenvalue weighted by Crippen LogP contribution is 2.09. The topological polar surface area (TPSA) is 141 Å². The maximum Gasteiger partial charge on any atom is 0.335 e. The summed E-state index contributed by atoms with van der Waals surface area (Å²) in [6.07, 6.45) is -0.310. The number of aromatic carboxylic acids is 1. The Morgan fingerprint density at radius 2 is 1.61 bits per heavy atom. The molecule has 1 aromatic rings. The summed E-state index contributed by atoms with van der Waals surface area (Å²) in [5, 5.41) is 27.3. The van der Waals surface area contributed by atoms with Crippen LogP contribution >= 0.6 is 11.6 Å². The molecule has 0 aliphatic carbocycles. The van der Waals surface area contributed by atoms with Gasteiger partial charge >= 0.3 is 17.9 Å². The van der Waals surface area contributed by atoms with Gasteiger partial charge < -0.3 is 20.6 Å². The third kappa shape index (κ3) is 9.10. The average Bonchev–Trinajstić information content (AvgIpc) is 2.47. The van der Waals surface area contributed by atoms with E-state index in [0.717, 1.165) is 0 Å². The van der Waals surface area contributed by atoms with Crippen molar-refractivity contribution in [1.82, 2.24) is 0 Å². The molecular formula is C14H16ClNO7. The summed E-state index contributed by atoms with van der Waals surface area (Å²) < 4.78 is 0. The van der Waals surface area contributed by atoms with Crippen LogP contribution in [0.15, 0.2) is 24.3 Å². The molecule has 0 aromatic heterocycles. The number of anilines is 1. The summed E-state index contributed by atoms with van der Waals surface area (Å²) in [5.74, 6) is -4.39. The molecule has 0 aliphatic rings. The second kappa shape index (κ2) is 10.2. The van der Waals surface area contributed by atoms with E-state index in [9.17, 15) is 19.2 Å². The van der Waals surface area contributed by atoms with E-state index in [2.05, 4.69) is 5.32 Å². The predicted octanol–water partition coefficient (Wildman–Crippen LogP) is 1.74. The lowest BCUT2D eigenvalue weighted by Gasteiger charge is -2.02. The van der Waals surface area contributed by atoms with Crippen molar-refractivity contribution in [2.24, 2.45) is 5.92 Å². The van der Waals surface area contributed by atoms with Gasteiger partial charge in [0.05, 0.1) is 17.9 Å². The van der Waals surface area contributed by atoms with Crippen molar-refractivity contribution in [3.05, 3.63) is 29.8 Å². The Labute approximate surface area is 136 Å². The molecule has 0 radical (unpaired) electrons. The Balaban J connectivity index is 0.000000468. The van der Waals surface area contributed by atoms with E-state index in [1.807, 2.05) is 0 Å². The van der Waals surface area contributed by atoms with Gasteiger partial charge in [-0.2, -0.15) is 0 Å². The number of rotatable bonds is 6. The first-order valence-electron chi connectivity index (χ1n) is 6.31. The second-order valence-electron chi connectivity index (χ2n) is 4.40. The van der Waals surface area contributed by atoms with E-state index >= 15 is 0 Å². The van der Waals surface area contributed by atoms with E-state index in [0.29, 0.717) is 5.69 Å². The zero-order chi connectivity index (χ0) is 18.0. The van der Waals surface area contributed by atoms with Crippen molar-refractivity contribution < 1.29 is 34.5 Å². The minimum absolute atomic E-state index is 0.124. The van der Waals surface area contributed by atoms with Gasteiger partial charge in [-0.25, -0.2) is 4.79 Å². The number of amides is 1. The van der Waals surface area contributed by atoms with Crippen molar-refractivity contribution >= 4 is 41.1 Å². The molecule has 0 spiro atoms. The molecule has 1 amide bonds. The van der Waals surface area contributed by atoms with Crippen LogP contribution < -0.4 is 5.32 Å². The van der Waals surface area contributed by atoms with E-state index in [-0.39, 0.29) is 23.8 Å². The number of hydrogen-bond donors (Lipinski definition) is 4. The standard InChI is InChI=1S/C9H8ClNO3.C5H8O4/c10-5-8(12)11-7-3-1-6(2-4-7)9(13)14;1-3(5(8)9)2-4(6)7/h1-4H,5H2,(H,11,12)(H,13,14);3H,2H2,1H3,(H,6,7)(H,8,9)/t;3-/m.0/s1. The van der Waals surface area contributed by atoms with E-state index in [1.54, 1.807) is 0 Å². The molecule has 0 unspecified atom stereocenters. The number of carboxylic acid groups (broad SMARTS) is 3. The van der Waals surface area contributed by atoms with Crippen LogP contribution in [-0.4, -0.2) is 45.0 Å². The molecule has 0 saturated heterocycles. The van der Waals surface area contributed by atoms with Gasteiger partial charge in [0.1, 0.15) is 5.88 Å². The van der Waals surface area contributed by atoms with Gasteiger partial charge in [0.2, 0.25) is 5.91 Å². The van der Waals surface area contributed by atoms with Crippen molar-refractivity contribution in [2.75, 3.05) is 11.2 Å². The number of carbonyl (C=O) groups is 4. The molecule has 0 saturated carbocycles. The summed E-state index contributed by atoms with van der Waals surface area (Å²) >= 11 is 5.28. The molecule has 0 heterocycles. The van der Waals surface area contributed by atoms with Gasteiger partial charge in [-0.3, -0.25) is 14.4 Å². The molecule has 8 nitrogen and oxygen atoms in total. The molecule has 0 bridgehead atoms. The molecule has 4 N–H and O–H groups in total. The molecule has 0 aliphatic heterocycles. The maximum absolute atomic E-state index is 10.8. The lowest BCUT2D eigenvalue weighted by molar-refractivity contribution is -0.147. The Bertz CT molecular complexity index is 571. The first-order valence-corrected chi connectivity index (χ1v) is 6.84. The number of benzene rings is 1.